The van der Waals surface area contributed by atoms with Gasteiger partial charge in [0.2, 0.25) is 5.91 Å². The Kier molecular flexibility index (Phi) is 9.74. The summed E-state index contributed by atoms with van der Waals surface area (Å²) in [4.78, 5) is 13.1. The number of hydrogen-bond donors (Lipinski definition) is 1. The Hall–Kier alpha value is -3.94. The first-order chi connectivity index (χ1) is 19.3. The highest BCUT2D eigenvalue weighted by Gasteiger charge is 2.17. The summed E-state index contributed by atoms with van der Waals surface area (Å²) in [7, 11) is 5.36. The quantitative estimate of drug-likeness (QED) is 0.132. The van der Waals surface area contributed by atoms with Crippen LogP contribution >= 0.6 is 11.6 Å². The molecule has 3 aromatic carbocycles. The molecule has 1 aromatic heterocycles. The summed E-state index contributed by atoms with van der Waals surface area (Å²) >= 11 is 6.54. The van der Waals surface area contributed by atoms with E-state index in [9.17, 15) is 9.18 Å². The van der Waals surface area contributed by atoms with Crippen molar-refractivity contribution < 1.29 is 13.9 Å². The number of rotatable bonds is 11. The molecule has 0 aliphatic carbocycles. The van der Waals surface area contributed by atoms with Crippen LogP contribution in [0.1, 0.15) is 30.0 Å². The summed E-state index contributed by atoms with van der Waals surface area (Å²) < 4.78 is 21.7. The molecule has 4 aromatic rings. The molecule has 1 amide bonds. The van der Waals surface area contributed by atoms with E-state index in [1.807, 2.05) is 42.2 Å². The number of amides is 1. The topological polar surface area (TPSA) is 59.4 Å². The normalized spacial score (nSPS) is 12.2. The zero-order valence-corrected chi connectivity index (χ0v) is 24.0. The summed E-state index contributed by atoms with van der Waals surface area (Å²) in [5.74, 6) is 0.347. The van der Waals surface area contributed by atoms with E-state index in [1.165, 1.54) is 17.0 Å². The Balaban J connectivity index is 1.58. The number of halogens is 2. The first-order valence-electron chi connectivity index (χ1n) is 13.2. The Morgan fingerprint density at radius 1 is 1.10 bits per heavy atom. The van der Waals surface area contributed by atoms with Gasteiger partial charge in [0, 0.05) is 45.7 Å². The molecule has 0 bridgehead atoms. The zero-order chi connectivity index (χ0) is 28.6. The van der Waals surface area contributed by atoms with Gasteiger partial charge in [-0.15, -0.1) is 0 Å². The van der Waals surface area contributed by atoms with E-state index in [2.05, 4.69) is 35.5 Å². The lowest BCUT2D eigenvalue weighted by Gasteiger charge is -2.18. The molecule has 8 heteroatoms. The number of ether oxygens (including phenoxy) is 1. The van der Waals surface area contributed by atoms with Crippen LogP contribution in [-0.2, 0) is 11.8 Å². The summed E-state index contributed by atoms with van der Waals surface area (Å²) in [6, 6.07) is 18.8. The SMILES string of the molecule is CC/C(=C(/c1ccc(OCCNC/C=C/C(=O)N(C)C)cc1)c1ccc2c(cnn2C)c1)c1ccc(F)cc1Cl. The molecule has 0 radical (unpaired) electrons. The second-order valence-corrected chi connectivity index (χ2v) is 9.99. The molecule has 0 aliphatic heterocycles. The molecular formula is C32H34ClFN4O2. The minimum absolute atomic E-state index is 0.0418. The van der Waals surface area contributed by atoms with Crippen molar-refractivity contribution in [3.63, 3.8) is 0 Å². The number of carbonyl (C=O) groups excluding carboxylic acids is 1. The molecule has 0 atom stereocenters. The fraction of sp³-hybridized carbons (Fsp3) is 0.250. The van der Waals surface area contributed by atoms with E-state index in [0.29, 0.717) is 31.1 Å². The molecule has 0 fully saturated rings. The monoisotopic (exact) mass is 560 g/mol. The summed E-state index contributed by atoms with van der Waals surface area (Å²) in [5.41, 5.74) is 5.91. The number of aromatic nitrogens is 2. The van der Waals surface area contributed by atoms with Crippen molar-refractivity contribution in [1.29, 1.82) is 0 Å². The lowest BCUT2D eigenvalue weighted by atomic mass is 9.87. The van der Waals surface area contributed by atoms with Crippen LogP contribution in [0.3, 0.4) is 0 Å². The Labute approximate surface area is 239 Å². The van der Waals surface area contributed by atoms with Crippen LogP contribution in [0.15, 0.2) is 79.0 Å². The minimum Gasteiger partial charge on any atom is -0.492 e. The number of likely N-dealkylation sites (N-methyl/N-ethyl adjacent to an activating group) is 1. The van der Waals surface area contributed by atoms with Gasteiger partial charge in [-0.3, -0.25) is 9.48 Å². The molecule has 4 rings (SSSR count). The lowest BCUT2D eigenvalue weighted by Crippen LogP contribution is -2.22. The largest absolute Gasteiger partial charge is 0.492 e. The van der Waals surface area contributed by atoms with Crippen molar-refractivity contribution in [2.24, 2.45) is 7.05 Å². The fourth-order valence-electron chi connectivity index (χ4n) is 4.52. The second-order valence-electron chi connectivity index (χ2n) is 9.59. The number of fused-ring (bicyclic) bond motifs is 1. The van der Waals surface area contributed by atoms with Gasteiger partial charge in [-0.2, -0.15) is 5.10 Å². The van der Waals surface area contributed by atoms with Gasteiger partial charge in [-0.05, 0) is 70.7 Å². The van der Waals surface area contributed by atoms with Gasteiger partial charge in [-0.25, -0.2) is 4.39 Å². The van der Waals surface area contributed by atoms with Crippen LogP contribution in [0, 0.1) is 5.82 Å². The third-order valence-corrected chi connectivity index (χ3v) is 6.91. The van der Waals surface area contributed by atoms with Crippen molar-refractivity contribution in [2.45, 2.75) is 13.3 Å². The molecule has 40 heavy (non-hydrogen) atoms. The molecule has 0 saturated carbocycles. The zero-order valence-electron chi connectivity index (χ0n) is 23.2. The van der Waals surface area contributed by atoms with E-state index in [0.717, 1.165) is 44.5 Å². The Morgan fingerprint density at radius 3 is 2.55 bits per heavy atom. The van der Waals surface area contributed by atoms with Crippen molar-refractivity contribution in [1.82, 2.24) is 20.0 Å². The molecule has 208 valence electrons. The van der Waals surface area contributed by atoms with Crippen molar-refractivity contribution >= 4 is 39.6 Å². The second kappa shape index (κ2) is 13.4. The molecule has 1 heterocycles. The van der Waals surface area contributed by atoms with Gasteiger partial charge < -0.3 is 15.0 Å². The maximum Gasteiger partial charge on any atom is 0.245 e. The number of allylic oxidation sites excluding steroid dienone is 1. The van der Waals surface area contributed by atoms with Gasteiger partial charge in [0.25, 0.3) is 0 Å². The molecule has 1 N–H and O–H groups in total. The van der Waals surface area contributed by atoms with Crippen LogP contribution in [-0.4, -0.2) is 54.4 Å². The van der Waals surface area contributed by atoms with Gasteiger partial charge in [-0.1, -0.05) is 48.9 Å². The number of carbonyl (C=O) groups is 1. The van der Waals surface area contributed by atoms with Crippen LogP contribution in [0.5, 0.6) is 5.75 Å². The van der Waals surface area contributed by atoms with Crippen LogP contribution in [0.4, 0.5) is 4.39 Å². The first-order valence-corrected chi connectivity index (χ1v) is 13.6. The predicted octanol–water partition coefficient (Wildman–Crippen LogP) is 6.35. The number of nitrogens with one attached hydrogen (secondary N) is 1. The lowest BCUT2D eigenvalue weighted by molar-refractivity contribution is -0.123. The summed E-state index contributed by atoms with van der Waals surface area (Å²) in [6.07, 6.45) is 5.90. The molecule has 0 aliphatic rings. The average molecular weight is 561 g/mol. The molecule has 0 saturated heterocycles. The van der Waals surface area contributed by atoms with E-state index in [1.54, 1.807) is 32.3 Å². The highest BCUT2D eigenvalue weighted by molar-refractivity contribution is 6.32. The van der Waals surface area contributed by atoms with Crippen LogP contribution < -0.4 is 10.1 Å². The van der Waals surface area contributed by atoms with Crippen molar-refractivity contribution in [3.05, 3.63) is 107 Å². The Morgan fingerprint density at radius 2 is 1.85 bits per heavy atom. The number of benzene rings is 3. The maximum absolute atomic E-state index is 13.9. The number of nitrogens with zero attached hydrogens (tertiary/aromatic N) is 3. The number of hydrogen-bond acceptors (Lipinski definition) is 4. The summed E-state index contributed by atoms with van der Waals surface area (Å²) in [6.45, 7) is 3.79. The fourth-order valence-corrected chi connectivity index (χ4v) is 4.80. The predicted molar refractivity (Wildman–Crippen MR) is 161 cm³/mol. The molecule has 0 unspecified atom stereocenters. The maximum atomic E-state index is 13.9. The van der Waals surface area contributed by atoms with Gasteiger partial charge >= 0.3 is 0 Å². The van der Waals surface area contributed by atoms with E-state index < -0.39 is 0 Å². The molecule has 6 nitrogen and oxygen atoms in total. The highest BCUT2D eigenvalue weighted by Crippen LogP contribution is 2.38. The smallest absolute Gasteiger partial charge is 0.245 e. The van der Waals surface area contributed by atoms with Gasteiger partial charge in [0.1, 0.15) is 18.2 Å². The van der Waals surface area contributed by atoms with E-state index >= 15 is 0 Å². The minimum atomic E-state index is -0.364. The Bertz CT molecular complexity index is 1540. The first kappa shape index (κ1) is 29.1. The highest BCUT2D eigenvalue weighted by atomic mass is 35.5. The third kappa shape index (κ3) is 6.97. The number of aryl methyl sites for hydroxylation is 1. The van der Waals surface area contributed by atoms with Crippen LogP contribution in [0.2, 0.25) is 5.02 Å². The van der Waals surface area contributed by atoms with Crippen molar-refractivity contribution in [2.75, 3.05) is 33.8 Å². The van der Waals surface area contributed by atoms with Gasteiger partial charge in [0.05, 0.1) is 16.7 Å². The summed E-state index contributed by atoms with van der Waals surface area (Å²) in [5, 5.41) is 9.03. The molecule has 0 spiro atoms. The third-order valence-electron chi connectivity index (χ3n) is 6.60. The van der Waals surface area contributed by atoms with Crippen molar-refractivity contribution in [3.8, 4) is 5.75 Å². The molecular weight excluding hydrogens is 527 g/mol. The standard InChI is InChI=1S/C32H34ClFN4O2/c1-5-27(28-14-11-25(34)20-29(28)33)32(23-10-15-30-24(19-23)21-36-38(30)4)22-8-12-26(13-9-22)40-18-17-35-16-6-7-31(39)37(2)3/h6-15,19-21,35H,5,16-18H2,1-4H3/b7-6+,32-27+. The van der Waals surface area contributed by atoms with Gasteiger partial charge in [0.15, 0.2) is 0 Å². The van der Waals surface area contributed by atoms with E-state index in [-0.39, 0.29) is 11.7 Å². The van der Waals surface area contributed by atoms with E-state index in [4.69, 9.17) is 16.3 Å². The van der Waals surface area contributed by atoms with Crippen LogP contribution in [0.25, 0.3) is 22.0 Å². The average Bonchev–Trinajstić information content (AvgIpc) is 3.31.